The van der Waals surface area contributed by atoms with Crippen LogP contribution in [-0.2, 0) is 0 Å². The van der Waals surface area contributed by atoms with Crippen LogP contribution < -0.4 is 4.74 Å². The maximum atomic E-state index is 9.06. The van der Waals surface area contributed by atoms with E-state index in [1.54, 1.807) is 13.2 Å². The molecule has 2 aromatic carbocycles. The second kappa shape index (κ2) is 6.09. The van der Waals surface area contributed by atoms with Crippen LogP contribution in [0.1, 0.15) is 5.56 Å². The minimum absolute atomic E-state index is 0.0736. The van der Waals surface area contributed by atoms with Crippen molar-refractivity contribution in [2.45, 2.75) is 0 Å². The quantitative estimate of drug-likeness (QED) is 0.734. The van der Waals surface area contributed by atoms with Crippen molar-refractivity contribution >= 4 is 17.0 Å². The maximum absolute atomic E-state index is 9.06. The summed E-state index contributed by atoms with van der Waals surface area (Å²) in [6.07, 6.45) is 1.62. The highest BCUT2D eigenvalue weighted by Crippen LogP contribution is 2.32. The molecule has 23 heavy (non-hydrogen) atoms. The van der Waals surface area contributed by atoms with Crippen molar-refractivity contribution in [3.8, 4) is 29.1 Å². The van der Waals surface area contributed by atoms with E-state index >= 15 is 0 Å². The first-order chi connectivity index (χ1) is 11.3. The lowest BCUT2D eigenvalue weighted by Crippen LogP contribution is -1.85. The van der Waals surface area contributed by atoms with Crippen LogP contribution in [-0.4, -0.2) is 12.1 Å². The first-order valence-electron chi connectivity index (χ1n) is 7.04. The number of para-hydroxylation sites is 1. The van der Waals surface area contributed by atoms with Crippen molar-refractivity contribution in [3.63, 3.8) is 0 Å². The number of nitriles is 2. The Kier molecular flexibility index (Phi) is 3.82. The van der Waals surface area contributed by atoms with E-state index in [4.69, 9.17) is 15.3 Å². The standard InChI is InChI=1S/C19H13N3O/c1-23-15-8-6-14(7-9-15)19-17(10-13(11-20)12-21)16-4-2-3-5-18(16)22-19/h2-10,22H,1H3. The predicted octanol–water partition coefficient (Wildman–Crippen LogP) is 4.27. The summed E-state index contributed by atoms with van der Waals surface area (Å²) in [6.45, 7) is 0. The van der Waals surface area contributed by atoms with Crippen LogP contribution in [0.4, 0.5) is 0 Å². The third kappa shape index (κ3) is 2.66. The summed E-state index contributed by atoms with van der Waals surface area (Å²) in [5.41, 5.74) is 3.70. The average molecular weight is 299 g/mol. The van der Waals surface area contributed by atoms with Crippen molar-refractivity contribution in [2.75, 3.05) is 7.11 Å². The van der Waals surface area contributed by atoms with Crippen molar-refractivity contribution < 1.29 is 4.74 Å². The van der Waals surface area contributed by atoms with E-state index in [2.05, 4.69) is 4.98 Å². The van der Waals surface area contributed by atoms with E-state index in [0.717, 1.165) is 33.5 Å². The van der Waals surface area contributed by atoms with Crippen LogP contribution in [0, 0.1) is 22.7 Å². The second-order valence-corrected chi connectivity index (χ2v) is 4.97. The molecule has 1 aromatic heterocycles. The summed E-state index contributed by atoms with van der Waals surface area (Å²) < 4.78 is 5.19. The summed E-state index contributed by atoms with van der Waals surface area (Å²) in [6, 6.07) is 19.3. The summed E-state index contributed by atoms with van der Waals surface area (Å²) in [4.78, 5) is 3.37. The number of methoxy groups -OCH3 is 1. The van der Waals surface area contributed by atoms with E-state index in [0.29, 0.717) is 0 Å². The van der Waals surface area contributed by atoms with Crippen LogP contribution in [0.15, 0.2) is 54.1 Å². The van der Waals surface area contributed by atoms with Gasteiger partial charge in [0.25, 0.3) is 0 Å². The second-order valence-electron chi connectivity index (χ2n) is 4.97. The van der Waals surface area contributed by atoms with Gasteiger partial charge in [-0.2, -0.15) is 10.5 Å². The number of hydrogen-bond donors (Lipinski definition) is 1. The lowest BCUT2D eigenvalue weighted by atomic mass is 10.0. The third-order valence-electron chi connectivity index (χ3n) is 3.65. The van der Waals surface area contributed by atoms with Crippen molar-refractivity contribution in [3.05, 3.63) is 59.7 Å². The normalized spacial score (nSPS) is 9.87. The summed E-state index contributed by atoms with van der Waals surface area (Å²) in [5, 5.41) is 19.1. The number of fused-ring (bicyclic) bond motifs is 1. The van der Waals surface area contributed by atoms with Crippen LogP contribution in [0.2, 0.25) is 0 Å². The highest BCUT2D eigenvalue weighted by molar-refractivity contribution is 5.97. The largest absolute Gasteiger partial charge is 0.497 e. The molecule has 0 aliphatic rings. The molecule has 0 saturated carbocycles. The Balaban J connectivity index is 2.25. The lowest BCUT2D eigenvalue weighted by Gasteiger charge is -2.03. The summed E-state index contributed by atoms with van der Waals surface area (Å²) in [5.74, 6) is 0.775. The molecule has 0 saturated heterocycles. The third-order valence-corrected chi connectivity index (χ3v) is 3.65. The average Bonchev–Trinajstić information content (AvgIpc) is 2.98. The molecular formula is C19H13N3O. The van der Waals surface area contributed by atoms with Gasteiger partial charge < -0.3 is 9.72 Å². The van der Waals surface area contributed by atoms with Gasteiger partial charge in [0.05, 0.1) is 12.8 Å². The Morgan fingerprint density at radius 1 is 1.04 bits per heavy atom. The topological polar surface area (TPSA) is 72.6 Å². The van der Waals surface area contributed by atoms with E-state index < -0.39 is 0 Å². The summed E-state index contributed by atoms with van der Waals surface area (Å²) >= 11 is 0. The van der Waals surface area contributed by atoms with Gasteiger partial charge in [-0.3, -0.25) is 0 Å². The SMILES string of the molecule is COc1ccc(-c2[nH]c3ccccc3c2C=C(C#N)C#N)cc1. The van der Waals surface area contributed by atoms with Crippen LogP contribution in [0.25, 0.3) is 28.2 Å². The molecule has 1 heterocycles. The molecule has 0 bridgehead atoms. The molecule has 4 heteroatoms. The first kappa shape index (κ1) is 14.4. The van der Waals surface area contributed by atoms with Gasteiger partial charge >= 0.3 is 0 Å². The van der Waals surface area contributed by atoms with Gasteiger partial charge in [0, 0.05) is 16.5 Å². The zero-order valence-electron chi connectivity index (χ0n) is 12.5. The lowest BCUT2D eigenvalue weighted by molar-refractivity contribution is 0.415. The fourth-order valence-corrected chi connectivity index (χ4v) is 2.53. The smallest absolute Gasteiger partial charge is 0.130 e. The van der Waals surface area contributed by atoms with Crippen molar-refractivity contribution in [1.29, 1.82) is 10.5 Å². The van der Waals surface area contributed by atoms with E-state index in [-0.39, 0.29) is 5.57 Å². The minimum atomic E-state index is 0.0736. The van der Waals surface area contributed by atoms with Gasteiger partial charge in [0.15, 0.2) is 0 Å². The molecule has 0 spiro atoms. The molecule has 0 amide bonds. The monoisotopic (exact) mass is 299 g/mol. The van der Waals surface area contributed by atoms with Crippen LogP contribution >= 0.6 is 0 Å². The molecule has 3 aromatic rings. The molecule has 0 unspecified atom stereocenters. The Morgan fingerprint density at radius 3 is 2.39 bits per heavy atom. The van der Waals surface area contributed by atoms with Crippen molar-refractivity contribution in [2.24, 2.45) is 0 Å². The number of benzene rings is 2. The van der Waals surface area contributed by atoms with Gasteiger partial charge in [-0.15, -0.1) is 0 Å². The molecule has 0 radical (unpaired) electrons. The fraction of sp³-hybridized carbons (Fsp3) is 0.0526. The number of aromatic nitrogens is 1. The molecule has 1 N–H and O–H groups in total. The maximum Gasteiger partial charge on any atom is 0.130 e. The predicted molar refractivity (Wildman–Crippen MR) is 89.5 cm³/mol. The molecule has 4 nitrogen and oxygen atoms in total. The van der Waals surface area contributed by atoms with Crippen LogP contribution in [0.5, 0.6) is 5.75 Å². The number of rotatable bonds is 3. The molecule has 3 rings (SSSR count). The Hall–Kier alpha value is -3.50. The Morgan fingerprint density at radius 2 is 1.74 bits per heavy atom. The number of ether oxygens (including phenoxy) is 1. The number of nitrogens with zero attached hydrogens (tertiary/aromatic N) is 2. The number of nitrogens with one attached hydrogen (secondary N) is 1. The molecular weight excluding hydrogens is 286 g/mol. The van der Waals surface area contributed by atoms with Crippen LogP contribution in [0.3, 0.4) is 0 Å². The minimum Gasteiger partial charge on any atom is -0.497 e. The molecule has 0 atom stereocenters. The summed E-state index contributed by atoms with van der Waals surface area (Å²) in [7, 11) is 1.62. The molecule has 110 valence electrons. The van der Waals surface area contributed by atoms with E-state index in [1.165, 1.54) is 0 Å². The first-order valence-corrected chi connectivity index (χ1v) is 7.04. The number of aromatic amines is 1. The van der Waals surface area contributed by atoms with Crippen molar-refractivity contribution in [1.82, 2.24) is 4.98 Å². The Labute approximate surface area is 133 Å². The van der Waals surface area contributed by atoms with E-state index in [9.17, 15) is 0 Å². The number of allylic oxidation sites excluding steroid dienone is 1. The number of H-pyrrole nitrogens is 1. The molecule has 0 aliphatic heterocycles. The van der Waals surface area contributed by atoms with Gasteiger partial charge in [-0.25, -0.2) is 0 Å². The van der Waals surface area contributed by atoms with Gasteiger partial charge in [0.2, 0.25) is 0 Å². The highest BCUT2D eigenvalue weighted by atomic mass is 16.5. The zero-order chi connectivity index (χ0) is 16.2. The highest BCUT2D eigenvalue weighted by Gasteiger charge is 2.12. The van der Waals surface area contributed by atoms with Gasteiger partial charge in [-0.1, -0.05) is 18.2 Å². The Bertz CT molecular complexity index is 951. The number of hydrogen-bond acceptors (Lipinski definition) is 3. The fourth-order valence-electron chi connectivity index (χ4n) is 2.53. The zero-order valence-corrected chi connectivity index (χ0v) is 12.5. The van der Waals surface area contributed by atoms with Gasteiger partial charge in [-0.05, 0) is 42.0 Å². The molecule has 0 aliphatic carbocycles. The molecule has 0 fully saturated rings. The van der Waals surface area contributed by atoms with Gasteiger partial charge in [0.1, 0.15) is 23.5 Å². The van der Waals surface area contributed by atoms with E-state index in [1.807, 2.05) is 60.7 Å².